The fraction of sp³-hybridized carbons (Fsp3) is 0.333. The van der Waals surface area contributed by atoms with Gasteiger partial charge in [0, 0.05) is 55.2 Å². The Morgan fingerprint density at radius 3 is 2.62 bits per heavy atom. The van der Waals surface area contributed by atoms with Gasteiger partial charge >= 0.3 is 0 Å². The van der Waals surface area contributed by atoms with E-state index >= 15 is 0 Å². The lowest BCUT2D eigenvalue weighted by Gasteiger charge is -2.16. The van der Waals surface area contributed by atoms with Gasteiger partial charge in [-0.1, -0.05) is 0 Å². The summed E-state index contributed by atoms with van der Waals surface area (Å²) in [4.78, 5) is 8.93. The molecule has 2 aromatic rings. The topological polar surface area (TPSA) is 68.3 Å². The minimum atomic E-state index is 0.589. The summed E-state index contributed by atoms with van der Waals surface area (Å²) < 4.78 is 10.5. The molecule has 0 atom stereocenters. The minimum absolute atomic E-state index is 0.589. The lowest BCUT2D eigenvalue weighted by atomic mass is 10.1. The van der Waals surface area contributed by atoms with Crippen molar-refractivity contribution in [3.8, 4) is 11.5 Å². The Hall–Kier alpha value is -2.34. The van der Waals surface area contributed by atoms with Crippen molar-refractivity contribution in [3.63, 3.8) is 0 Å². The second-order valence-electron chi connectivity index (χ2n) is 4.82. The van der Waals surface area contributed by atoms with E-state index < -0.39 is 0 Å². The van der Waals surface area contributed by atoms with E-state index in [0.717, 1.165) is 48.0 Å². The van der Waals surface area contributed by atoms with Crippen LogP contribution in [0.4, 0.5) is 11.6 Å². The number of anilines is 2. The summed E-state index contributed by atoms with van der Waals surface area (Å²) in [7, 11) is 3.25. The molecular weight excluding hydrogens is 268 g/mol. The quantitative estimate of drug-likeness (QED) is 0.894. The van der Waals surface area contributed by atoms with Crippen LogP contribution in [0.1, 0.15) is 11.3 Å². The largest absolute Gasteiger partial charge is 0.497 e. The molecule has 0 saturated carbocycles. The first-order valence-electron chi connectivity index (χ1n) is 6.84. The molecule has 1 aromatic carbocycles. The standard InChI is InChI=1S/C15H18N4O2/c1-20-12-5-11(6-13(7-12)21-2)18-15-17-9-10-8-16-4-3-14(10)19-15/h5-7,9,16H,3-4,8H2,1-2H3,(H,17,18,19). The number of hydrogen-bond donors (Lipinski definition) is 2. The SMILES string of the molecule is COc1cc(Nc2ncc3c(n2)CCNC3)cc(OC)c1. The number of nitrogens with zero attached hydrogens (tertiary/aromatic N) is 2. The second-order valence-corrected chi connectivity index (χ2v) is 4.82. The number of benzene rings is 1. The van der Waals surface area contributed by atoms with Gasteiger partial charge in [0.15, 0.2) is 0 Å². The van der Waals surface area contributed by atoms with Crippen LogP contribution in [0.5, 0.6) is 11.5 Å². The molecule has 1 aliphatic heterocycles. The summed E-state index contributed by atoms with van der Waals surface area (Å²) in [6, 6.07) is 5.59. The summed E-state index contributed by atoms with van der Waals surface area (Å²) >= 11 is 0. The maximum atomic E-state index is 5.26. The molecule has 1 aromatic heterocycles. The normalized spacial score (nSPS) is 13.4. The maximum Gasteiger partial charge on any atom is 0.227 e. The van der Waals surface area contributed by atoms with E-state index in [2.05, 4.69) is 20.6 Å². The Labute approximate surface area is 123 Å². The summed E-state index contributed by atoms with van der Waals surface area (Å²) in [6.45, 7) is 1.79. The van der Waals surface area contributed by atoms with Gasteiger partial charge in [-0.3, -0.25) is 0 Å². The predicted octanol–water partition coefficient (Wildman–Crippen LogP) is 1.88. The lowest BCUT2D eigenvalue weighted by Crippen LogP contribution is -2.25. The Balaban J connectivity index is 1.86. The Kier molecular flexibility index (Phi) is 3.87. The molecule has 6 heteroatoms. The molecule has 0 spiro atoms. The lowest BCUT2D eigenvalue weighted by molar-refractivity contribution is 0.395. The molecule has 0 amide bonds. The molecule has 21 heavy (non-hydrogen) atoms. The van der Waals surface area contributed by atoms with E-state index in [1.807, 2.05) is 24.4 Å². The predicted molar refractivity (Wildman–Crippen MR) is 80.3 cm³/mol. The Morgan fingerprint density at radius 2 is 1.90 bits per heavy atom. The molecule has 0 aliphatic carbocycles. The molecule has 2 N–H and O–H groups in total. The van der Waals surface area contributed by atoms with Crippen LogP contribution < -0.4 is 20.1 Å². The fourth-order valence-electron chi connectivity index (χ4n) is 2.30. The van der Waals surface area contributed by atoms with E-state index in [4.69, 9.17) is 9.47 Å². The van der Waals surface area contributed by atoms with E-state index in [9.17, 15) is 0 Å². The van der Waals surface area contributed by atoms with Crippen LogP contribution >= 0.6 is 0 Å². The van der Waals surface area contributed by atoms with Gasteiger partial charge in [-0.05, 0) is 0 Å². The molecule has 3 rings (SSSR count). The molecule has 0 unspecified atom stereocenters. The van der Waals surface area contributed by atoms with Crippen molar-refractivity contribution < 1.29 is 9.47 Å². The van der Waals surface area contributed by atoms with Crippen LogP contribution in [0.2, 0.25) is 0 Å². The zero-order valence-electron chi connectivity index (χ0n) is 12.1. The first-order chi connectivity index (χ1) is 10.3. The summed E-state index contributed by atoms with van der Waals surface area (Å²) in [5, 5.41) is 6.51. The molecule has 2 heterocycles. The minimum Gasteiger partial charge on any atom is -0.497 e. The first-order valence-corrected chi connectivity index (χ1v) is 6.84. The Bertz CT molecular complexity index is 623. The van der Waals surface area contributed by atoms with Crippen LogP contribution in [0.25, 0.3) is 0 Å². The van der Waals surface area contributed by atoms with Crippen molar-refractivity contribution in [3.05, 3.63) is 35.7 Å². The number of rotatable bonds is 4. The average molecular weight is 286 g/mol. The molecular formula is C15H18N4O2. The number of nitrogens with one attached hydrogen (secondary N) is 2. The summed E-state index contributed by atoms with van der Waals surface area (Å²) in [5.41, 5.74) is 3.09. The number of fused-ring (bicyclic) bond motifs is 1. The number of hydrogen-bond acceptors (Lipinski definition) is 6. The van der Waals surface area contributed by atoms with Crippen molar-refractivity contribution in [2.45, 2.75) is 13.0 Å². The number of ether oxygens (including phenoxy) is 2. The van der Waals surface area contributed by atoms with Gasteiger partial charge in [0.2, 0.25) is 5.95 Å². The van der Waals surface area contributed by atoms with Gasteiger partial charge in [-0.2, -0.15) is 0 Å². The third kappa shape index (κ3) is 3.05. The van der Waals surface area contributed by atoms with Gasteiger partial charge < -0.3 is 20.1 Å². The van der Waals surface area contributed by atoms with Crippen molar-refractivity contribution in [1.82, 2.24) is 15.3 Å². The fourth-order valence-corrected chi connectivity index (χ4v) is 2.30. The van der Waals surface area contributed by atoms with Crippen LogP contribution in [-0.4, -0.2) is 30.7 Å². The molecule has 0 fully saturated rings. The third-order valence-corrected chi connectivity index (χ3v) is 3.42. The highest BCUT2D eigenvalue weighted by Crippen LogP contribution is 2.27. The van der Waals surface area contributed by atoms with Crippen molar-refractivity contribution in [2.75, 3.05) is 26.1 Å². The van der Waals surface area contributed by atoms with Gasteiger partial charge in [0.05, 0.1) is 19.9 Å². The number of aromatic nitrogens is 2. The third-order valence-electron chi connectivity index (χ3n) is 3.42. The van der Waals surface area contributed by atoms with E-state index in [0.29, 0.717) is 5.95 Å². The zero-order valence-corrected chi connectivity index (χ0v) is 12.1. The molecule has 6 nitrogen and oxygen atoms in total. The van der Waals surface area contributed by atoms with Gasteiger partial charge in [0.1, 0.15) is 11.5 Å². The van der Waals surface area contributed by atoms with Crippen LogP contribution in [0.3, 0.4) is 0 Å². The van der Waals surface area contributed by atoms with Crippen molar-refractivity contribution >= 4 is 11.6 Å². The zero-order chi connectivity index (χ0) is 14.7. The van der Waals surface area contributed by atoms with E-state index in [1.54, 1.807) is 14.2 Å². The second kappa shape index (κ2) is 5.97. The highest BCUT2D eigenvalue weighted by Gasteiger charge is 2.12. The molecule has 1 aliphatic rings. The maximum absolute atomic E-state index is 5.26. The van der Waals surface area contributed by atoms with Crippen LogP contribution in [-0.2, 0) is 13.0 Å². The summed E-state index contributed by atoms with van der Waals surface area (Å²) in [6.07, 6.45) is 2.79. The monoisotopic (exact) mass is 286 g/mol. The van der Waals surface area contributed by atoms with Crippen LogP contribution in [0, 0.1) is 0 Å². The smallest absolute Gasteiger partial charge is 0.227 e. The van der Waals surface area contributed by atoms with Gasteiger partial charge in [0.25, 0.3) is 0 Å². The molecule has 0 saturated heterocycles. The molecule has 0 radical (unpaired) electrons. The Morgan fingerprint density at radius 1 is 1.14 bits per heavy atom. The highest BCUT2D eigenvalue weighted by atomic mass is 16.5. The molecule has 110 valence electrons. The molecule has 0 bridgehead atoms. The highest BCUT2D eigenvalue weighted by molar-refractivity contribution is 5.59. The van der Waals surface area contributed by atoms with Crippen molar-refractivity contribution in [1.29, 1.82) is 0 Å². The van der Waals surface area contributed by atoms with E-state index in [1.165, 1.54) is 0 Å². The summed E-state index contributed by atoms with van der Waals surface area (Å²) in [5.74, 6) is 2.03. The average Bonchev–Trinajstić information content (AvgIpc) is 2.54. The first kappa shape index (κ1) is 13.6. The van der Waals surface area contributed by atoms with Crippen LogP contribution in [0.15, 0.2) is 24.4 Å². The number of methoxy groups -OCH3 is 2. The van der Waals surface area contributed by atoms with Gasteiger partial charge in [-0.25, -0.2) is 9.97 Å². The van der Waals surface area contributed by atoms with Crippen molar-refractivity contribution in [2.24, 2.45) is 0 Å². The van der Waals surface area contributed by atoms with Gasteiger partial charge in [-0.15, -0.1) is 0 Å². The van der Waals surface area contributed by atoms with E-state index in [-0.39, 0.29) is 0 Å².